The summed E-state index contributed by atoms with van der Waals surface area (Å²) in [5.74, 6) is 1.08. The molecule has 0 radical (unpaired) electrons. The van der Waals surface area contributed by atoms with Gasteiger partial charge in [-0.25, -0.2) is 4.98 Å². The zero-order valence-electron chi connectivity index (χ0n) is 13.3. The van der Waals surface area contributed by atoms with Crippen LogP contribution in [0.2, 0.25) is 5.28 Å². The number of fused-ring (bicyclic) bond motifs is 3. The lowest BCUT2D eigenvalue weighted by Gasteiger charge is -2.40. The van der Waals surface area contributed by atoms with Gasteiger partial charge in [0, 0.05) is 20.1 Å². The van der Waals surface area contributed by atoms with Gasteiger partial charge in [0.05, 0.1) is 11.8 Å². The van der Waals surface area contributed by atoms with Gasteiger partial charge in [0.2, 0.25) is 11.2 Å². The number of hydrogen-bond donors (Lipinski definition) is 1. The molecule has 0 aliphatic carbocycles. The molecule has 1 saturated heterocycles. The topological polar surface area (TPSA) is 67.3 Å². The van der Waals surface area contributed by atoms with Crippen LogP contribution in [0.15, 0.2) is 0 Å². The van der Waals surface area contributed by atoms with Gasteiger partial charge in [0.15, 0.2) is 5.82 Å². The van der Waals surface area contributed by atoms with Crippen LogP contribution in [0, 0.1) is 5.92 Å². The highest BCUT2D eigenvalue weighted by molar-refractivity contribution is 6.28. The number of nitrogens with one attached hydrogen (secondary N) is 1. The van der Waals surface area contributed by atoms with Gasteiger partial charge in [-0.3, -0.25) is 4.79 Å². The summed E-state index contributed by atoms with van der Waals surface area (Å²) in [6, 6.07) is 0. The number of hydrogen-bond acceptors (Lipinski definition) is 5. The van der Waals surface area contributed by atoms with Gasteiger partial charge in [-0.2, -0.15) is 4.98 Å². The Balaban J connectivity index is 2.10. The van der Waals surface area contributed by atoms with E-state index in [0.717, 1.165) is 12.1 Å². The second kappa shape index (κ2) is 5.35. The molecule has 2 aliphatic rings. The number of ether oxygens (including phenoxy) is 1. The highest BCUT2D eigenvalue weighted by Gasteiger charge is 2.52. The fraction of sp³-hybridized carbons (Fsp3) is 0.667. The summed E-state index contributed by atoms with van der Waals surface area (Å²) in [6.45, 7) is 6.76. The SMILES string of the molecule is CO[C@H]1CN2c3nc(Cl)nc(CC(C)C)c3NC(=O)[C@@]2(C)C1. The lowest BCUT2D eigenvalue weighted by Crippen LogP contribution is -2.54. The Bertz CT molecular complexity index is 622. The van der Waals surface area contributed by atoms with Crippen LogP contribution in [-0.4, -0.2) is 41.2 Å². The Labute approximate surface area is 135 Å². The van der Waals surface area contributed by atoms with Crippen molar-refractivity contribution in [3.05, 3.63) is 11.0 Å². The predicted octanol–water partition coefficient (Wildman–Crippen LogP) is 2.26. The van der Waals surface area contributed by atoms with Crippen molar-refractivity contribution in [2.24, 2.45) is 5.92 Å². The molecule has 0 bridgehead atoms. The van der Waals surface area contributed by atoms with Gasteiger partial charge in [-0.15, -0.1) is 0 Å². The molecule has 0 saturated carbocycles. The van der Waals surface area contributed by atoms with Crippen LogP contribution >= 0.6 is 11.6 Å². The summed E-state index contributed by atoms with van der Waals surface area (Å²) in [5, 5.41) is 3.21. The fourth-order valence-corrected chi connectivity index (χ4v) is 3.47. The Hall–Kier alpha value is -1.40. The van der Waals surface area contributed by atoms with E-state index in [0.29, 0.717) is 30.4 Å². The van der Waals surface area contributed by atoms with E-state index >= 15 is 0 Å². The van der Waals surface area contributed by atoms with Crippen LogP contribution < -0.4 is 10.2 Å². The highest BCUT2D eigenvalue weighted by atomic mass is 35.5. The number of methoxy groups -OCH3 is 1. The molecule has 3 heterocycles. The van der Waals surface area contributed by atoms with E-state index in [1.807, 2.05) is 11.8 Å². The van der Waals surface area contributed by atoms with Crippen molar-refractivity contribution in [2.75, 3.05) is 23.9 Å². The van der Waals surface area contributed by atoms with E-state index in [1.54, 1.807) is 7.11 Å². The van der Waals surface area contributed by atoms with E-state index in [4.69, 9.17) is 16.3 Å². The van der Waals surface area contributed by atoms with Crippen molar-refractivity contribution >= 4 is 29.0 Å². The van der Waals surface area contributed by atoms with Crippen molar-refractivity contribution in [2.45, 2.75) is 45.3 Å². The first-order valence-corrected chi connectivity index (χ1v) is 7.91. The molecule has 1 aromatic heterocycles. The molecule has 2 atom stereocenters. The van der Waals surface area contributed by atoms with Crippen LogP contribution in [0.25, 0.3) is 0 Å². The normalized spacial score (nSPS) is 26.9. The Morgan fingerprint density at radius 2 is 2.23 bits per heavy atom. The van der Waals surface area contributed by atoms with Gasteiger partial charge in [0.1, 0.15) is 11.2 Å². The monoisotopic (exact) mass is 324 g/mol. The van der Waals surface area contributed by atoms with E-state index in [-0.39, 0.29) is 17.3 Å². The van der Waals surface area contributed by atoms with Crippen LogP contribution in [-0.2, 0) is 16.0 Å². The first-order chi connectivity index (χ1) is 10.3. The molecule has 0 aromatic carbocycles. The number of carbonyl (C=O) groups is 1. The summed E-state index contributed by atoms with van der Waals surface area (Å²) < 4.78 is 5.46. The lowest BCUT2D eigenvalue weighted by molar-refractivity contribution is -0.121. The number of carbonyl (C=O) groups excluding carboxylic acids is 1. The molecule has 0 spiro atoms. The number of aromatic nitrogens is 2. The standard InChI is InChI=1S/C15H21ClN4O2/c1-8(2)5-10-11-12(19-14(16)17-10)20-7-9(22-4)6-15(20,3)13(21)18-11/h8-9H,5-7H2,1-4H3,(H,18,21)/t9-,15-/m1/s1. The maximum atomic E-state index is 12.6. The average Bonchev–Trinajstić information content (AvgIpc) is 2.79. The number of rotatable bonds is 3. The molecular formula is C15H21ClN4O2. The minimum atomic E-state index is -0.652. The average molecular weight is 325 g/mol. The first kappa shape index (κ1) is 15.5. The number of nitrogens with zero attached hydrogens (tertiary/aromatic N) is 3. The van der Waals surface area contributed by atoms with Crippen LogP contribution in [0.3, 0.4) is 0 Å². The van der Waals surface area contributed by atoms with Crippen LogP contribution in [0.1, 0.15) is 32.9 Å². The second-order valence-corrected chi connectivity index (χ2v) is 6.97. The quantitative estimate of drug-likeness (QED) is 0.864. The zero-order valence-corrected chi connectivity index (χ0v) is 14.1. The molecule has 2 aliphatic heterocycles. The highest BCUT2D eigenvalue weighted by Crippen LogP contribution is 2.44. The predicted molar refractivity (Wildman–Crippen MR) is 85.4 cm³/mol. The summed E-state index contributed by atoms with van der Waals surface area (Å²) >= 11 is 6.11. The summed E-state index contributed by atoms with van der Waals surface area (Å²) in [7, 11) is 1.67. The second-order valence-electron chi connectivity index (χ2n) is 6.64. The van der Waals surface area contributed by atoms with Crippen LogP contribution in [0.5, 0.6) is 0 Å². The number of amides is 1. The van der Waals surface area contributed by atoms with Crippen molar-refractivity contribution < 1.29 is 9.53 Å². The molecule has 1 amide bonds. The van der Waals surface area contributed by atoms with E-state index in [2.05, 4.69) is 29.1 Å². The molecule has 1 N–H and O–H groups in total. The first-order valence-electron chi connectivity index (χ1n) is 7.53. The summed E-state index contributed by atoms with van der Waals surface area (Å²) in [4.78, 5) is 23.4. The number of halogens is 1. The Kier molecular flexibility index (Phi) is 3.77. The maximum absolute atomic E-state index is 12.6. The molecule has 120 valence electrons. The third-order valence-corrected chi connectivity index (χ3v) is 4.63. The van der Waals surface area contributed by atoms with E-state index < -0.39 is 5.54 Å². The Morgan fingerprint density at radius 1 is 1.50 bits per heavy atom. The summed E-state index contributed by atoms with van der Waals surface area (Å²) in [6.07, 6.45) is 1.38. The third kappa shape index (κ3) is 2.34. The molecule has 0 unspecified atom stereocenters. The molecule has 6 nitrogen and oxygen atoms in total. The Morgan fingerprint density at radius 3 is 2.86 bits per heavy atom. The van der Waals surface area contributed by atoms with Crippen molar-refractivity contribution in [1.82, 2.24) is 9.97 Å². The van der Waals surface area contributed by atoms with E-state index in [1.165, 1.54) is 0 Å². The van der Waals surface area contributed by atoms with Gasteiger partial charge < -0.3 is 15.0 Å². The van der Waals surface area contributed by atoms with E-state index in [9.17, 15) is 4.79 Å². The molecular weight excluding hydrogens is 304 g/mol. The smallest absolute Gasteiger partial charge is 0.250 e. The van der Waals surface area contributed by atoms with Crippen molar-refractivity contribution in [3.63, 3.8) is 0 Å². The molecule has 3 rings (SSSR count). The molecule has 7 heteroatoms. The third-order valence-electron chi connectivity index (χ3n) is 4.46. The largest absolute Gasteiger partial charge is 0.380 e. The molecule has 1 aromatic rings. The van der Waals surface area contributed by atoms with Gasteiger partial charge >= 0.3 is 0 Å². The van der Waals surface area contributed by atoms with Gasteiger partial charge in [0.25, 0.3) is 0 Å². The van der Waals surface area contributed by atoms with Crippen LogP contribution in [0.4, 0.5) is 11.5 Å². The lowest BCUT2D eigenvalue weighted by atomic mass is 9.94. The zero-order chi connectivity index (χ0) is 16.1. The fourth-order valence-electron chi connectivity index (χ4n) is 3.29. The number of anilines is 2. The van der Waals surface area contributed by atoms with Crippen molar-refractivity contribution in [1.29, 1.82) is 0 Å². The minimum Gasteiger partial charge on any atom is -0.380 e. The van der Waals surface area contributed by atoms with Gasteiger partial charge in [-0.1, -0.05) is 13.8 Å². The summed E-state index contributed by atoms with van der Waals surface area (Å²) in [5.41, 5.74) is 0.832. The minimum absolute atomic E-state index is 0.00369. The maximum Gasteiger partial charge on any atom is 0.250 e. The molecule has 1 fully saturated rings. The van der Waals surface area contributed by atoms with Gasteiger partial charge in [-0.05, 0) is 30.9 Å². The van der Waals surface area contributed by atoms with Crippen molar-refractivity contribution in [3.8, 4) is 0 Å². The molecule has 22 heavy (non-hydrogen) atoms.